The normalized spacial score (nSPS) is 31.4. The predicted octanol–water partition coefficient (Wildman–Crippen LogP) is 0.360. The maximum absolute atomic E-state index is 11.7. The molecular weight excluding hydrogens is 180 g/mol. The number of carbonyl (C=O) groups excluding carboxylic acids is 1. The zero-order valence-corrected chi connectivity index (χ0v) is 9.19. The molecule has 2 N–H and O–H groups in total. The van der Waals surface area contributed by atoms with Crippen LogP contribution in [0.25, 0.3) is 0 Å². The first kappa shape index (κ1) is 11.5. The quantitative estimate of drug-likeness (QED) is 0.700. The van der Waals surface area contributed by atoms with E-state index in [4.69, 9.17) is 10.5 Å². The van der Waals surface area contributed by atoms with E-state index in [-0.39, 0.29) is 24.2 Å². The molecule has 1 amide bonds. The van der Waals surface area contributed by atoms with Crippen molar-refractivity contribution in [3.05, 3.63) is 0 Å². The second-order valence-corrected chi connectivity index (χ2v) is 4.24. The van der Waals surface area contributed by atoms with E-state index in [0.717, 1.165) is 0 Å². The summed E-state index contributed by atoms with van der Waals surface area (Å²) in [5.41, 5.74) is 5.68. The molecule has 1 saturated heterocycles. The molecule has 0 aromatic rings. The minimum Gasteiger partial charge on any atom is -0.373 e. The molecule has 1 aliphatic rings. The molecule has 0 aliphatic carbocycles. The molecule has 1 fully saturated rings. The number of rotatable bonds is 2. The first-order valence-electron chi connectivity index (χ1n) is 5.18. The first-order valence-corrected chi connectivity index (χ1v) is 5.18. The van der Waals surface area contributed by atoms with Gasteiger partial charge in [-0.1, -0.05) is 0 Å². The molecule has 0 aromatic heterocycles. The van der Waals surface area contributed by atoms with Crippen molar-refractivity contribution in [3.63, 3.8) is 0 Å². The van der Waals surface area contributed by atoms with Crippen LogP contribution in [0.15, 0.2) is 0 Å². The molecule has 82 valence electrons. The summed E-state index contributed by atoms with van der Waals surface area (Å²) >= 11 is 0. The molecule has 3 atom stereocenters. The van der Waals surface area contributed by atoms with Crippen molar-refractivity contribution < 1.29 is 9.53 Å². The number of hydrogen-bond donors (Lipinski definition) is 1. The van der Waals surface area contributed by atoms with E-state index >= 15 is 0 Å². The van der Waals surface area contributed by atoms with Gasteiger partial charge < -0.3 is 15.4 Å². The van der Waals surface area contributed by atoms with Gasteiger partial charge in [0, 0.05) is 19.1 Å². The Kier molecular flexibility index (Phi) is 3.89. The van der Waals surface area contributed by atoms with Crippen molar-refractivity contribution in [2.45, 2.75) is 45.4 Å². The largest absolute Gasteiger partial charge is 0.373 e. The van der Waals surface area contributed by atoms with Crippen LogP contribution in [0.5, 0.6) is 0 Å². The smallest absolute Gasteiger partial charge is 0.225 e. The van der Waals surface area contributed by atoms with Crippen molar-refractivity contribution >= 4 is 5.91 Å². The number of nitrogens with two attached hydrogens (primary N) is 1. The molecule has 4 nitrogen and oxygen atoms in total. The Labute approximate surface area is 85.4 Å². The maximum Gasteiger partial charge on any atom is 0.225 e. The van der Waals surface area contributed by atoms with Gasteiger partial charge in [-0.3, -0.25) is 4.79 Å². The highest BCUT2D eigenvalue weighted by Crippen LogP contribution is 2.12. The molecule has 0 spiro atoms. The lowest BCUT2D eigenvalue weighted by Crippen LogP contribution is -2.41. The third-order valence-electron chi connectivity index (χ3n) is 2.27. The fraction of sp³-hybridized carbons (Fsp3) is 0.900. The van der Waals surface area contributed by atoms with E-state index in [2.05, 4.69) is 0 Å². The van der Waals surface area contributed by atoms with Crippen LogP contribution in [0.4, 0.5) is 0 Å². The van der Waals surface area contributed by atoms with Crippen molar-refractivity contribution in [1.29, 1.82) is 0 Å². The molecule has 1 heterocycles. The van der Waals surface area contributed by atoms with E-state index in [9.17, 15) is 4.79 Å². The summed E-state index contributed by atoms with van der Waals surface area (Å²) in [6.07, 6.45) is 0.600. The summed E-state index contributed by atoms with van der Waals surface area (Å²) in [4.78, 5) is 13.5. The van der Waals surface area contributed by atoms with Crippen LogP contribution in [0.2, 0.25) is 0 Å². The molecule has 1 aliphatic heterocycles. The van der Waals surface area contributed by atoms with Gasteiger partial charge in [0.25, 0.3) is 0 Å². The van der Waals surface area contributed by atoms with Crippen molar-refractivity contribution in [3.8, 4) is 0 Å². The van der Waals surface area contributed by atoms with Crippen LogP contribution >= 0.6 is 0 Å². The van der Waals surface area contributed by atoms with Crippen molar-refractivity contribution in [2.75, 3.05) is 13.1 Å². The lowest BCUT2D eigenvalue weighted by atomic mass is 10.2. The number of ether oxygens (including phenoxy) is 1. The average molecular weight is 200 g/mol. The molecule has 0 aromatic carbocycles. The minimum atomic E-state index is 0.0237. The second-order valence-electron chi connectivity index (χ2n) is 4.24. The van der Waals surface area contributed by atoms with Crippen LogP contribution < -0.4 is 5.73 Å². The molecule has 2 unspecified atom stereocenters. The van der Waals surface area contributed by atoms with Gasteiger partial charge in [0.2, 0.25) is 5.91 Å². The van der Waals surface area contributed by atoms with Crippen LogP contribution in [-0.4, -0.2) is 42.1 Å². The number of amides is 1. The van der Waals surface area contributed by atoms with Crippen LogP contribution in [-0.2, 0) is 9.53 Å². The second kappa shape index (κ2) is 4.75. The summed E-state index contributed by atoms with van der Waals surface area (Å²) in [5, 5.41) is 0. The highest BCUT2D eigenvalue weighted by atomic mass is 16.5. The average Bonchev–Trinajstić information content (AvgIpc) is 2.10. The van der Waals surface area contributed by atoms with E-state index in [1.54, 1.807) is 4.90 Å². The molecule has 1 rings (SSSR count). The third kappa shape index (κ3) is 3.27. The summed E-state index contributed by atoms with van der Waals surface area (Å²) < 4.78 is 5.59. The maximum atomic E-state index is 11.7. The standard InChI is InChI=1S/C10H20N2O2/c1-7(11)5-12-6-9(3)14-8(2)4-10(12)13/h7-9H,4-6,11H2,1-3H3/t7-,8?,9?/m1/s1. The number of hydrogen-bond acceptors (Lipinski definition) is 3. The van der Waals surface area contributed by atoms with Crippen LogP contribution in [0, 0.1) is 0 Å². The minimum absolute atomic E-state index is 0.0237. The zero-order chi connectivity index (χ0) is 10.7. The zero-order valence-electron chi connectivity index (χ0n) is 9.19. The molecule has 0 radical (unpaired) electrons. The van der Waals surface area contributed by atoms with Gasteiger partial charge in [0.15, 0.2) is 0 Å². The summed E-state index contributed by atoms with van der Waals surface area (Å²) in [5.74, 6) is 0.152. The number of carbonyl (C=O) groups is 1. The van der Waals surface area contributed by atoms with Gasteiger partial charge >= 0.3 is 0 Å². The van der Waals surface area contributed by atoms with E-state index in [0.29, 0.717) is 19.5 Å². The van der Waals surface area contributed by atoms with E-state index < -0.39 is 0 Å². The molecule has 4 heteroatoms. The molecule has 0 saturated carbocycles. The van der Waals surface area contributed by atoms with Gasteiger partial charge in [-0.2, -0.15) is 0 Å². The highest BCUT2D eigenvalue weighted by molar-refractivity contribution is 5.77. The highest BCUT2D eigenvalue weighted by Gasteiger charge is 2.25. The monoisotopic (exact) mass is 200 g/mol. The van der Waals surface area contributed by atoms with Gasteiger partial charge in [0.05, 0.1) is 18.6 Å². The summed E-state index contributed by atoms with van der Waals surface area (Å²) in [6, 6.07) is 0.0274. The van der Waals surface area contributed by atoms with Crippen molar-refractivity contribution in [2.24, 2.45) is 5.73 Å². The fourth-order valence-corrected chi connectivity index (χ4v) is 1.80. The Hall–Kier alpha value is -0.610. The van der Waals surface area contributed by atoms with Gasteiger partial charge in [-0.15, -0.1) is 0 Å². The van der Waals surface area contributed by atoms with Crippen LogP contribution in [0.1, 0.15) is 27.2 Å². The predicted molar refractivity (Wildman–Crippen MR) is 54.9 cm³/mol. The van der Waals surface area contributed by atoms with Crippen LogP contribution in [0.3, 0.4) is 0 Å². The Bertz CT molecular complexity index is 206. The van der Waals surface area contributed by atoms with Gasteiger partial charge in [-0.05, 0) is 20.8 Å². The Balaban J connectivity index is 2.59. The van der Waals surface area contributed by atoms with E-state index in [1.807, 2.05) is 20.8 Å². The summed E-state index contributed by atoms with van der Waals surface area (Å²) in [7, 11) is 0. The molecule has 0 bridgehead atoms. The van der Waals surface area contributed by atoms with Crippen molar-refractivity contribution in [1.82, 2.24) is 4.90 Å². The van der Waals surface area contributed by atoms with Gasteiger partial charge in [0.1, 0.15) is 0 Å². The fourth-order valence-electron chi connectivity index (χ4n) is 1.80. The SMILES string of the molecule is CC1CC(=O)N(C[C@@H](C)N)CC(C)O1. The first-order chi connectivity index (χ1) is 6.49. The topological polar surface area (TPSA) is 55.6 Å². The van der Waals surface area contributed by atoms with Gasteiger partial charge in [-0.25, -0.2) is 0 Å². The molecule has 14 heavy (non-hydrogen) atoms. The lowest BCUT2D eigenvalue weighted by molar-refractivity contribution is -0.131. The number of nitrogens with zero attached hydrogens (tertiary/aromatic N) is 1. The Morgan fingerprint density at radius 1 is 1.57 bits per heavy atom. The summed E-state index contributed by atoms with van der Waals surface area (Å²) in [6.45, 7) is 7.12. The Morgan fingerprint density at radius 3 is 2.79 bits per heavy atom. The van der Waals surface area contributed by atoms with E-state index in [1.165, 1.54) is 0 Å². The Morgan fingerprint density at radius 2 is 2.21 bits per heavy atom. The molecular formula is C10H20N2O2. The third-order valence-corrected chi connectivity index (χ3v) is 2.27. The lowest BCUT2D eigenvalue weighted by Gasteiger charge is -2.23.